The average Bonchev–Trinajstić information content (AvgIpc) is 2.93. The Bertz CT molecular complexity index is 2600. The van der Waals surface area contributed by atoms with Gasteiger partial charge in [0.25, 0.3) is 40.5 Å². The van der Waals surface area contributed by atoms with E-state index in [0.717, 1.165) is 24.3 Å². The fourth-order valence-corrected chi connectivity index (χ4v) is 7.02. The summed E-state index contributed by atoms with van der Waals surface area (Å²) in [6, 6.07) is 6.72. The lowest BCUT2D eigenvalue weighted by Crippen LogP contribution is -2.04. The lowest BCUT2D eigenvalue weighted by molar-refractivity contribution is 0.387. The molecule has 296 valence electrons. The van der Waals surface area contributed by atoms with Crippen LogP contribution in [0.15, 0.2) is 94.6 Å². The Morgan fingerprint density at radius 2 is 1.08 bits per heavy atom. The molecule has 26 nitrogen and oxygen atoms in total. The van der Waals surface area contributed by atoms with Gasteiger partial charge in [0.2, 0.25) is 0 Å². The Morgan fingerprint density at radius 1 is 0.585 bits per heavy atom. The number of phenolic OH excluding ortho intramolecular Hbond substituents is 1. The summed E-state index contributed by atoms with van der Waals surface area (Å²) in [6.07, 6.45) is 0. The monoisotopic (exact) mass is 852 g/mol. The molecule has 0 spiro atoms. The van der Waals surface area contributed by atoms with Crippen LogP contribution in [0.5, 0.6) is 5.75 Å². The first-order valence-electron chi connectivity index (χ1n) is 12.0. The third-order valence-electron chi connectivity index (χ3n) is 6.07. The van der Waals surface area contributed by atoms with Crippen LogP contribution in [0.4, 0.5) is 28.4 Å². The van der Waals surface area contributed by atoms with E-state index in [1.54, 1.807) is 0 Å². The number of aromatic hydroxyl groups is 1. The van der Waals surface area contributed by atoms with Gasteiger partial charge in [0, 0.05) is 0 Å². The van der Waals surface area contributed by atoms with Crippen LogP contribution in [0, 0.1) is 0 Å². The summed E-state index contributed by atoms with van der Waals surface area (Å²) in [5.74, 6) is -1.22. The average molecular weight is 853 g/mol. The van der Waals surface area contributed by atoms with Crippen LogP contribution in [0.3, 0.4) is 0 Å². The highest BCUT2D eigenvalue weighted by Gasteiger charge is 2.28. The molecule has 4 aromatic rings. The second kappa shape index (κ2) is 17.1. The maximum absolute atomic E-state index is 12.3. The Hall–Kier alpha value is -4.47. The van der Waals surface area contributed by atoms with Crippen LogP contribution in [0.1, 0.15) is 0 Å². The Morgan fingerprint density at radius 3 is 1.55 bits per heavy atom. The molecule has 0 amide bonds. The van der Waals surface area contributed by atoms with Crippen LogP contribution in [0.25, 0.3) is 10.8 Å². The number of benzene rings is 4. The first-order valence-corrected chi connectivity index (χ1v) is 19.3. The first-order chi connectivity index (χ1) is 21.8. The third kappa shape index (κ3) is 11.0. The normalized spacial score (nSPS) is 12.3. The van der Waals surface area contributed by atoms with Gasteiger partial charge in [0.1, 0.15) is 31.7 Å². The molecule has 0 aromatic heterocycles. The molecule has 0 fully saturated rings. The minimum Gasteiger partial charge on any atom is -0.505 e. The molecule has 0 aliphatic heterocycles. The molecule has 24 N–H and O–H groups in total. The molecule has 0 unspecified atom stereocenters. The van der Waals surface area contributed by atoms with Crippen LogP contribution < -0.4 is 41.8 Å². The van der Waals surface area contributed by atoms with Crippen LogP contribution in [-0.4, -0.2) is 66.8 Å². The molecule has 31 heteroatoms. The molecular formula is C22H33N10O16PS4. The zero-order valence-corrected chi connectivity index (χ0v) is 30.6. The summed E-state index contributed by atoms with van der Waals surface area (Å²) in [4.78, 5) is 14.3. The topological polar surface area (TPSA) is 546 Å². The number of hydrogen-bond donors (Lipinski definition) is 13. The van der Waals surface area contributed by atoms with Gasteiger partial charge in [-0.3, -0.25) is 22.8 Å². The molecule has 0 atom stereocenters. The van der Waals surface area contributed by atoms with E-state index in [0.29, 0.717) is 30.3 Å². The number of azo groups is 2. The van der Waals surface area contributed by atoms with E-state index in [9.17, 15) is 71.3 Å². The minimum absolute atomic E-state index is 0. The van der Waals surface area contributed by atoms with Gasteiger partial charge in [0.05, 0.1) is 27.0 Å². The fraction of sp³-hybridized carbons (Fsp3) is 0. The highest BCUT2D eigenvalue weighted by Crippen LogP contribution is 2.48. The molecule has 0 bridgehead atoms. The number of rotatable bonds is 9. The summed E-state index contributed by atoms with van der Waals surface area (Å²) in [5, 5.41) is 23.3. The van der Waals surface area contributed by atoms with Gasteiger partial charge in [-0.05, 0) is 53.9 Å². The Labute approximate surface area is 299 Å². The second-order valence-electron chi connectivity index (χ2n) is 9.30. The minimum atomic E-state index is -5.39. The van der Waals surface area contributed by atoms with Gasteiger partial charge in [-0.25, -0.2) is 0 Å². The van der Waals surface area contributed by atoms with Crippen molar-refractivity contribution in [3.05, 3.63) is 54.6 Å². The SMILES string of the molecule is N.N.N.N.N.Nc1c(N=Nc2cc(S(=O)(=O)O)ccc2S(=O)(=O)O)c(S(=O)(=O)O)cc2cc(S(=O)(=O)O)c(N=Nc3cccc(P(=O)(O)O)c3)c(O)c12. The lowest BCUT2D eigenvalue weighted by atomic mass is 10.1. The van der Waals surface area contributed by atoms with Crippen molar-refractivity contribution in [3.8, 4) is 5.75 Å². The van der Waals surface area contributed by atoms with Crippen molar-refractivity contribution >= 4 is 92.6 Å². The van der Waals surface area contributed by atoms with E-state index in [1.165, 1.54) is 0 Å². The number of nitrogen functional groups attached to an aromatic ring is 1. The van der Waals surface area contributed by atoms with E-state index in [1.807, 2.05) is 0 Å². The molecule has 53 heavy (non-hydrogen) atoms. The van der Waals surface area contributed by atoms with Crippen molar-refractivity contribution in [1.82, 2.24) is 30.8 Å². The van der Waals surface area contributed by atoms with Crippen molar-refractivity contribution in [2.24, 2.45) is 20.5 Å². The zero-order chi connectivity index (χ0) is 36.2. The van der Waals surface area contributed by atoms with Gasteiger partial charge < -0.3 is 51.4 Å². The highest BCUT2D eigenvalue weighted by atomic mass is 32.2. The number of nitrogens with zero attached hydrogens (tertiary/aromatic N) is 4. The predicted molar refractivity (Wildman–Crippen MR) is 187 cm³/mol. The summed E-state index contributed by atoms with van der Waals surface area (Å²) in [5.41, 5.74) is 1.70. The number of anilines is 1. The number of fused-ring (bicyclic) bond motifs is 1. The third-order valence-corrected chi connectivity index (χ3v) is 10.5. The largest absolute Gasteiger partial charge is 0.505 e. The molecule has 0 saturated carbocycles. The van der Waals surface area contributed by atoms with E-state index in [4.69, 9.17) is 5.73 Å². The quantitative estimate of drug-likeness (QED) is 0.0495. The van der Waals surface area contributed by atoms with Crippen molar-refractivity contribution in [3.63, 3.8) is 0 Å². The van der Waals surface area contributed by atoms with Gasteiger partial charge in [-0.1, -0.05) is 6.07 Å². The predicted octanol–water partition coefficient (Wildman–Crippen LogP) is 3.56. The Kier molecular flexibility index (Phi) is 16.4. The zero-order valence-electron chi connectivity index (χ0n) is 26.5. The van der Waals surface area contributed by atoms with Crippen molar-refractivity contribution in [2.75, 3.05) is 5.73 Å². The molecule has 4 rings (SSSR count). The second-order valence-corrected chi connectivity index (χ2v) is 16.5. The number of phenols is 1. The molecular weight excluding hydrogens is 820 g/mol. The molecule has 0 saturated heterocycles. The van der Waals surface area contributed by atoms with Crippen molar-refractivity contribution in [1.29, 1.82) is 0 Å². The fourth-order valence-electron chi connectivity index (χ4n) is 4.01. The maximum atomic E-state index is 12.3. The van der Waals surface area contributed by atoms with Crippen molar-refractivity contribution < 1.29 is 71.3 Å². The van der Waals surface area contributed by atoms with Crippen LogP contribution in [-0.2, 0) is 45.0 Å². The lowest BCUT2D eigenvalue weighted by Gasteiger charge is -2.14. The summed E-state index contributed by atoms with van der Waals surface area (Å²) < 4.78 is 146. The van der Waals surface area contributed by atoms with Crippen LogP contribution in [0.2, 0.25) is 0 Å². The molecule has 4 aromatic carbocycles. The van der Waals surface area contributed by atoms with Gasteiger partial charge >= 0.3 is 7.60 Å². The summed E-state index contributed by atoms with van der Waals surface area (Å²) in [6.45, 7) is 0. The molecule has 0 aliphatic carbocycles. The summed E-state index contributed by atoms with van der Waals surface area (Å²) in [7, 11) is -25.7. The van der Waals surface area contributed by atoms with Gasteiger partial charge in [0.15, 0.2) is 5.75 Å². The number of hydrogen-bond acceptors (Lipinski definition) is 20. The molecule has 0 radical (unpaired) electrons. The maximum Gasteiger partial charge on any atom is 0.356 e. The van der Waals surface area contributed by atoms with E-state index >= 15 is 0 Å². The first kappa shape index (κ1) is 50.6. The smallest absolute Gasteiger partial charge is 0.356 e. The standard InChI is InChI=1S/C22H18N5O16PS4.5H3N/c23-19-18-10(7-17(48(41,42)43)21(22(18)28)27-24-11-2-1-3-12(8-11)44(29,30)31)6-16(47(38,39)40)20(19)26-25-14-9-13(45(32,33)34)4-5-15(14)46(35,36)37;;;;;/h1-9,28H,23H2,(H2,29,30,31)(H,32,33,34)(H,35,36,37)(H,38,39,40)(H,41,42,43);5*1H3. The van der Waals surface area contributed by atoms with E-state index in [2.05, 4.69) is 20.5 Å². The van der Waals surface area contributed by atoms with Gasteiger partial charge in [-0.2, -0.15) is 38.8 Å². The van der Waals surface area contributed by atoms with Crippen molar-refractivity contribution in [2.45, 2.75) is 19.6 Å². The Balaban J connectivity index is 0. The molecule has 0 heterocycles. The van der Waals surface area contributed by atoms with E-state index < -0.39 is 112 Å². The molecule has 0 aliphatic rings. The highest BCUT2D eigenvalue weighted by molar-refractivity contribution is 7.86. The summed E-state index contributed by atoms with van der Waals surface area (Å²) >= 11 is 0. The number of nitrogens with two attached hydrogens (primary N) is 1. The van der Waals surface area contributed by atoms with E-state index in [-0.39, 0.29) is 36.4 Å². The van der Waals surface area contributed by atoms with Gasteiger partial charge in [-0.15, -0.1) is 15.3 Å². The van der Waals surface area contributed by atoms with Crippen LogP contribution >= 0.6 is 7.60 Å².